The lowest BCUT2D eigenvalue weighted by atomic mass is 10.2. The first-order chi connectivity index (χ1) is 12.3. The monoisotopic (exact) mass is 357 g/mol. The van der Waals surface area contributed by atoms with Crippen LogP contribution in [0.3, 0.4) is 0 Å². The van der Waals surface area contributed by atoms with E-state index in [0.29, 0.717) is 17.4 Å². The number of nitrogens with one attached hydrogen (secondary N) is 1. The van der Waals surface area contributed by atoms with E-state index in [2.05, 4.69) is 22.2 Å². The summed E-state index contributed by atoms with van der Waals surface area (Å²) in [6, 6.07) is 10.6. The Morgan fingerprint density at radius 1 is 1.16 bits per heavy atom. The second-order valence-electron chi connectivity index (χ2n) is 5.58. The minimum atomic E-state index is -0.372. The molecule has 0 aliphatic rings. The van der Waals surface area contributed by atoms with E-state index in [4.69, 9.17) is 4.74 Å². The van der Waals surface area contributed by atoms with Gasteiger partial charge in [-0.05, 0) is 30.7 Å². The number of halogens is 1. The Balaban J connectivity index is 1.63. The molecule has 0 aliphatic carbocycles. The van der Waals surface area contributed by atoms with Gasteiger partial charge in [-0.25, -0.2) is 9.37 Å². The fourth-order valence-electron chi connectivity index (χ4n) is 2.32. The van der Waals surface area contributed by atoms with Crippen LogP contribution in [-0.2, 0) is 0 Å². The van der Waals surface area contributed by atoms with Crippen molar-refractivity contribution in [1.82, 2.24) is 9.97 Å². The van der Waals surface area contributed by atoms with Crippen LogP contribution in [0.25, 0.3) is 11.4 Å². The summed E-state index contributed by atoms with van der Waals surface area (Å²) in [5, 5.41) is 5.74. The van der Waals surface area contributed by atoms with E-state index in [-0.39, 0.29) is 11.6 Å². The number of pyridine rings is 1. The van der Waals surface area contributed by atoms with Crippen molar-refractivity contribution in [2.24, 2.45) is 0 Å². The van der Waals surface area contributed by atoms with Crippen LogP contribution in [0.1, 0.15) is 26.2 Å². The zero-order valence-corrected chi connectivity index (χ0v) is 14.9. The number of unbranched alkanes of at least 4 members (excludes halogenated alkanes) is 2. The largest absolute Gasteiger partial charge is 0.491 e. The second kappa shape index (κ2) is 8.58. The normalized spacial score (nSPS) is 10.6. The summed E-state index contributed by atoms with van der Waals surface area (Å²) in [6.45, 7) is 2.66. The van der Waals surface area contributed by atoms with Gasteiger partial charge in [-0.3, -0.25) is 4.98 Å². The van der Waals surface area contributed by atoms with Crippen molar-refractivity contribution in [3.63, 3.8) is 0 Å². The van der Waals surface area contributed by atoms with Gasteiger partial charge in [-0.1, -0.05) is 25.8 Å². The maximum Gasteiger partial charge on any atom is 0.187 e. The molecule has 0 amide bonds. The predicted molar refractivity (Wildman–Crippen MR) is 100 cm³/mol. The fourth-order valence-corrected chi connectivity index (χ4v) is 3.04. The molecule has 1 aromatic carbocycles. The van der Waals surface area contributed by atoms with Crippen LogP contribution >= 0.6 is 11.3 Å². The van der Waals surface area contributed by atoms with E-state index in [9.17, 15) is 4.39 Å². The Hall–Kier alpha value is -2.47. The molecule has 2 aromatic heterocycles. The molecular formula is C19H20FN3OS. The lowest BCUT2D eigenvalue weighted by Gasteiger charge is -2.09. The molecule has 3 rings (SSSR count). The molecule has 0 saturated heterocycles. The maximum atomic E-state index is 14.1. The molecule has 2 heterocycles. The number of aromatic nitrogens is 2. The summed E-state index contributed by atoms with van der Waals surface area (Å²) in [4.78, 5) is 8.77. The Labute approximate surface area is 150 Å². The van der Waals surface area contributed by atoms with E-state index in [0.717, 1.165) is 30.7 Å². The van der Waals surface area contributed by atoms with Crippen molar-refractivity contribution < 1.29 is 9.13 Å². The van der Waals surface area contributed by atoms with Gasteiger partial charge in [0.25, 0.3) is 0 Å². The number of anilines is 2. The minimum Gasteiger partial charge on any atom is -0.491 e. The number of benzene rings is 1. The van der Waals surface area contributed by atoms with Gasteiger partial charge in [-0.2, -0.15) is 0 Å². The highest BCUT2D eigenvalue weighted by molar-refractivity contribution is 7.14. The van der Waals surface area contributed by atoms with Crippen molar-refractivity contribution in [3.05, 3.63) is 53.8 Å². The summed E-state index contributed by atoms with van der Waals surface area (Å²) in [5.74, 6) is -0.0852. The average molecular weight is 357 g/mol. The standard InChI is InChI=1S/C19H20FN3OS/c1-2-3-6-11-24-18-9-8-14(12-15(18)20)22-19-23-17(13-25-19)16-7-4-5-10-21-16/h4-5,7-10,12-13H,2-3,6,11H2,1H3,(H,22,23). The first-order valence-electron chi connectivity index (χ1n) is 8.32. The minimum absolute atomic E-state index is 0.287. The second-order valence-corrected chi connectivity index (χ2v) is 6.44. The number of thiazole rings is 1. The van der Waals surface area contributed by atoms with Gasteiger partial charge in [0.1, 0.15) is 5.69 Å². The van der Waals surface area contributed by atoms with Crippen molar-refractivity contribution in [2.75, 3.05) is 11.9 Å². The number of hydrogen-bond acceptors (Lipinski definition) is 5. The van der Waals surface area contributed by atoms with E-state index in [1.165, 1.54) is 17.4 Å². The maximum absolute atomic E-state index is 14.1. The van der Waals surface area contributed by atoms with Gasteiger partial charge >= 0.3 is 0 Å². The molecule has 0 saturated carbocycles. The molecule has 25 heavy (non-hydrogen) atoms. The summed E-state index contributed by atoms with van der Waals surface area (Å²) in [7, 11) is 0. The summed E-state index contributed by atoms with van der Waals surface area (Å²) in [6.07, 6.45) is 4.87. The van der Waals surface area contributed by atoms with Gasteiger partial charge in [0.15, 0.2) is 16.7 Å². The molecule has 0 unspecified atom stereocenters. The molecule has 0 atom stereocenters. The Kier molecular flexibility index (Phi) is 5.95. The molecule has 0 aliphatic heterocycles. The molecule has 0 bridgehead atoms. The van der Waals surface area contributed by atoms with Crippen molar-refractivity contribution in [1.29, 1.82) is 0 Å². The molecule has 0 fully saturated rings. The smallest absolute Gasteiger partial charge is 0.187 e. The molecular weight excluding hydrogens is 337 g/mol. The van der Waals surface area contributed by atoms with Gasteiger partial charge in [-0.15, -0.1) is 11.3 Å². The lowest BCUT2D eigenvalue weighted by molar-refractivity contribution is 0.291. The van der Waals surface area contributed by atoms with Gasteiger partial charge in [0, 0.05) is 23.3 Å². The SMILES string of the molecule is CCCCCOc1ccc(Nc2nc(-c3ccccn3)cs2)cc1F. The Morgan fingerprint density at radius 3 is 2.84 bits per heavy atom. The third kappa shape index (κ3) is 4.76. The summed E-state index contributed by atoms with van der Waals surface area (Å²) in [5.41, 5.74) is 2.25. The van der Waals surface area contributed by atoms with Crippen LogP contribution in [0.2, 0.25) is 0 Å². The highest BCUT2D eigenvalue weighted by Gasteiger charge is 2.08. The molecule has 130 valence electrons. The third-order valence-electron chi connectivity index (χ3n) is 3.62. The molecule has 4 nitrogen and oxygen atoms in total. The van der Waals surface area contributed by atoms with E-state index in [1.54, 1.807) is 18.3 Å². The molecule has 6 heteroatoms. The first kappa shape index (κ1) is 17.4. The summed E-state index contributed by atoms with van der Waals surface area (Å²) >= 11 is 1.45. The number of nitrogens with zero attached hydrogens (tertiary/aromatic N) is 2. The van der Waals surface area contributed by atoms with Crippen molar-refractivity contribution in [3.8, 4) is 17.1 Å². The Bertz CT molecular complexity index is 807. The third-order valence-corrected chi connectivity index (χ3v) is 4.38. The van der Waals surface area contributed by atoms with Crippen LogP contribution < -0.4 is 10.1 Å². The quantitative estimate of drug-likeness (QED) is 0.529. The van der Waals surface area contributed by atoms with Crippen LogP contribution in [0.5, 0.6) is 5.75 Å². The predicted octanol–water partition coefficient (Wildman–Crippen LogP) is 5.66. The number of ether oxygens (including phenoxy) is 1. The zero-order chi connectivity index (χ0) is 17.5. The highest BCUT2D eigenvalue weighted by Crippen LogP contribution is 2.28. The molecule has 3 aromatic rings. The van der Waals surface area contributed by atoms with E-state index < -0.39 is 0 Å². The highest BCUT2D eigenvalue weighted by atomic mass is 32.1. The number of rotatable bonds is 8. The Morgan fingerprint density at radius 2 is 2.08 bits per heavy atom. The molecule has 0 spiro atoms. The molecule has 0 radical (unpaired) electrons. The van der Waals surface area contributed by atoms with Crippen LogP contribution in [0.4, 0.5) is 15.2 Å². The average Bonchev–Trinajstić information content (AvgIpc) is 3.09. The number of hydrogen-bond donors (Lipinski definition) is 1. The van der Waals surface area contributed by atoms with Crippen molar-refractivity contribution in [2.45, 2.75) is 26.2 Å². The van der Waals surface area contributed by atoms with Gasteiger partial charge in [0.2, 0.25) is 0 Å². The van der Waals surface area contributed by atoms with Crippen LogP contribution in [-0.4, -0.2) is 16.6 Å². The van der Waals surface area contributed by atoms with Gasteiger partial charge < -0.3 is 10.1 Å². The van der Waals surface area contributed by atoms with E-state index in [1.807, 2.05) is 23.6 Å². The molecule has 1 N–H and O–H groups in total. The summed E-state index contributed by atoms with van der Waals surface area (Å²) < 4.78 is 19.6. The van der Waals surface area contributed by atoms with Gasteiger partial charge in [0.05, 0.1) is 12.3 Å². The first-order valence-corrected chi connectivity index (χ1v) is 9.20. The zero-order valence-electron chi connectivity index (χ0n) is 14.0. The fraction of sp³-hybridized carbons (Fsp3) is 0.263. The van der Waals surface area contributed by atoms with E-state index >= 15 is 0 Å². The van der Waals surface area contributed by atoms with Crippen LogP contribution in [0.15, 0.2) is 48.0 Å². The van der Waals surface area contributed by atoms with Crippen LogP contribution in [0, 0.1) is 5.82 Å². The van der Waals surface area contributed by atoms with Crippen molar-refractivity contribution >= 4 is 22.2 Å². The lowest BCUT2D eigenvalue weighted by Crippen LogP contribution is -2.00. The topological polar surface area (TPSA) is 47.0 Å².